The average Bonchev–Trinajstić information content (AvgIpc) is 2.96. The maximum Gasteiger partial charge on any atom is 0.220 e. The number of rotatable bonds is 8. The number of nitrogens with two attached hydrogens (primary N) is 1. The summed E-state index contributed by atoms with van der Waals surface area (Å²) in [6, 6.07) is 8.03. The highest BCUT2D eigenvalue weighted by molar-refractivity contribution is 5.85. The first-order chi connectivity index (χ1) is 10.6. The van der Waals surface area contributed by atoms with Crippen molar-refractivity contribution < 1.29 is 9.53 Å². The third kappa shape index (κ3) is 6.40. The van der Waals surface area contributed by atoms with Crippen LogP contribution in [0.2, 0.25) is 0 Å². The monoisotopic (exact) mass is 340 g/mol. The molecule has 1 amide bonds. The van der Waals surface area contributed by atoms with Crippen LogP contribution in [0.5, 0.6) is 5.75 Å². The third-order valence-corrected chi connectivity index (χ3v) is 4.41. The predicted molar refractivity (Wildman–Crippen MR) is 96.2 cm³/mol. The summed E-state index contributed by atoms with van der Waals surface area (Å²) in [6.45, 7) is 3.25. The van der Waals surface area contributed by atoms with Crippen LogP contribution in [0.1, 0.15) is 50.5 Å². The van der Waals surface area contributed by atoms with Crippen LogP contribution in [0.15, 0.2) is 24.3 Å². The number of benzene rings is 1. The molecule has 3 N–H and O–H groups in total. The molecule has 0 unspecified atom stereocenters. The molecule has 1 fully saturated rings. The molecule has 1 saturated carbocycles. The molecule has 23 heavy (non-hydrogen) atoms. The lowest BCUT2D eigenvalue weighted by atomic mass is 9.97. The molecule has 0 bridgehead atoms. The molecule has 0 saturated heterocycles. The van der Waals surface area contributed by atoms with Crippen LogP contribution >= 0.6 is 12.4 Å². The van der Waals surface area contributed by atoms with Gasteiger partial charge in [-0.15, -0.1) is 12.4 Å². The number of carbonyl (C=O) groups is 1. The maximum atomic E-state index is 12.0. The number of unbranched alkanes of at least 4 members (excludes halogenated alkanes) is 1. The lowest BCUT2D eigenvalue weighted by Gasteiger charge is -2.28. The molecule has 1 aromatic carbocycles. The number of nitrogens with one attached hydrogen (secondary N) is 1. The van der Waals surface area contributed by atoms with Crippen molar-refractivity contribution in [3.63, 3.8) is 0 Å². The van der Waals surface area contributed by atoms with Crippen molar-refractivity contribution in [3.8, 4) is 5.75 Å². The van der Waals surface area contributed by atoms with Crippen molar-refractivity contribution in [1.29, 1.82) is 0 Å². The van der Waals surface area contributed by atoms with Crippen molar-refractivity contribution in [2.75, 3.05) is 13.2 Å². The summed E-state index contributed by atoms with van der Waals surface area (Å²) in [7, 11) is 0. The van der Waals surface area contributed by atoms with Crippen LogP contribution in [0.3, 0.4) is 0 Å². The Balaban J connectivity index is 0.00000264. The van der Waals surface area contributed by atoms with Crippen LogP contribution in [0, 0.1) is 6.92 Å². The van der Waals surface area contributed by atoms with E-state index >= 15 is 0 Å². The first-order valence-corrected chi connectivity index (χ1v) is 8.34. The molecule has 0 heterocycles. The summed E-state index contributed by atoms with van der Waals surface area (Å²) >= 11 is 0. The predicted octanol–water partition coefficient (Wildman–Crippen LogP) is 3.35. The van der Waals surface area contributed by atoms with Gasteiger partial charge in [-0.05, 0) is 50.3 Å². The van der Waals surface area contributed by atoms with E-state index in [1.807, 2.05) is 31.2 Å². The molecule has 0 aromatic heterocycles. The number of ether oxygens (including phenoxy) is 1. The molecule has 1 aromatic rings. The van der Waals surface area contributed by atoms with Crippen LogP contribution in [-0.2, 0) is 4.79 Å². The van der Waals surface area contributed by atoms with E-state index in [0.29, 0.717) is 19.6 Å². The Bertz CT molecular complexity index is 488. The summed E-state index contributed by atoms with van der Waals surface area (Å²) in [5.41, 5.74) is 6.90. The van der Waals surface area contributed by atoms with Crippen LogP contribution in [-0.4, -0.2) is 24.6 Å². The summed E-state index contributed by atoms with van der Waals surface area (Å²) in [5, 5.41) is 3.15. The van der Waals surface area contributed by atoms with Crippen molar-refractivity contribution >= 4 is 18.3 Å². The average molecular weight is 341 g/mol. The molecule has 0 aliphatic heterocycles. The van der Waals surface area contributed by atoms with Gasteiger partial charge in [0.25, 0.3) is 0 Å². The van der Waals surface area contributed by atoms with Crippen LogP contribution < -0.4 is 15.8 Å². The Kier molecular flexibility index (Phi) is 8.42. The fourth-order valence-corrected chi connectivity index (χ4v) is 3.07. The first-order valence-electron chi connectivity index (χ1n) is 8.34. The van der Waals surface area contributed by atoms with Gasteiger partial charge in [-0.3, -0.25) is 4.79 Å². The first kappa shape index (κ1) is 19.8. The van der Waals surface area contributed by atoms with Crippen molar-refractivity contribution in [3.05, 3.63) is 29.8 Å². The van der Waals surface area contributed by atoms with Crippen LogP contribution in [0.4, 0.5) is 0 Å². The standard InChI is InChI=1S/C18H28N2O2.ClH/c1-15-7-6-8-16(13-15)22-12-5-2-9-17(21)20-18(14-19)10-3-4-11-18;/h6-8,13H,2-5,9-12,14,19H2,1H3,(H,20,21);1H. The normalized spacial score (nSPS) is 15.7. The zero-order chi connectivity index (χ0) is 15.8. The largest absolute Gasteiger partial charge is 0.494 e. The van der Waals surface area contributed by atoms with E-state index in [-0.39, 0.29) is 23.9 Å². The molecule has 4 nitrogen and oxygen atoms in total. The molecule has 1 aliphatic carbocycles. The molecular weight excluding hydrogens is 312 g/mol. The zero-order valence-electron chi connectivity index (χ0n) is 14.0. The SMILES string of the molecule is Cc1cccc(OCCCCC(=O)NC2(CN)CCCC2)c1.Cl. The molecular formula is C18H29ClN2O2. The molecule has 130 valence electrons. The van der Waals surface area contributed by atoms with E-state index in [0.717, 1.165) is 31.4 Å². The number of aryl methyl sites for hydroxylation is 1. The van der Waals surface area contributed by atoms with E-state index in [2.05, 4.69) is 5.32 Å². The van der Waals surface area contributed by atoms with Gasteiger partial charge in [0, 0.05) is 13.0 Å². The van der Waals surface area contributed by atoms with Gasteiger partial charge in [0.15, 0.2) is 0 Å². The molecule has 0 atom stereocenters. The number of hydrogen-bond donors (Lipinski definition) is 2. The van der Waals surface area contributed by atoms with Gasteiger partial charge in [0.05, 0.1) is 12.1 Å². The summed E-state index contributed by atoms with van der Waals surface area (Å²) in [5.74, 6) is 1.03. The molecule has 0 radical (unpaired) electrons. The second kappa shape index (κ2) is 9.78. The smallest absolute Gasteiger partial charge is 0.220 e. The quantitative estimate of drug-likeness (QED) is 0.713. The van der Waals surface area contributed by atoms with Crippen molar-refractivity contribution in [2.24, 2.45) is 5.73 Å². The van der Waals surface area contributed by atoms with Crippen molar-refractivity contribution in [2.45, 2.75) is 57.4 Å². The van der Waals surface area contributed by atoms with E-state index in [9.17, 15) is 4.79 Å². The molecule has 1 aliphatic rings. The molecule has 2 rings (SSSR count). The van der Waals surface area contributed by atoms with E-state index < -0.39 is 0 Å². The highest BCUT2D eigenvalue weighted by Crippen LogP contribution is 2.28. The van der Waals surface area contributed by atoms with Gasteiger partial charge in [-0.1, -0.05) is 25.0 Å². The second-order valence-electron chi connectivity index (χ2n) is 6.36. The lowest BCUT2D eigenvalue weighted by Crippen LogP contribution is -2.51. The Morgan fingerprint density at radius 2 is 2.04 bits per heavy atom. The Hall–Kier alpha value is -1.26. The highest BCUT2D eigenvalue weighted by Gasteiger charge is 2.33. The Labute approximate surface area is 145 Å². The fourth-order valence-electron chi connectivity index (χ4n) is 3.07. The van der Waals surface area contributed by atoms with E-state index in [1.54, 1.807) is 0 Å². The van der Waals surface area contributed by atoms with Gasteiger partial charge in [0.1, 0.15) is 5.75 Å². The van der Waals surface area contributed by atoms with Crippen molar-refractivity contribution in [1.82, 2.24) is 5.32 Å². The Morgan fingerprint density at radius 1 is 1.30 bits per heavy atom. The molecule has 5 heteroatoms. The minimum absolute atomic E-state index is 0. The second-order valence-corrected chi connectivity index (χ2v) is 6.36. The maximum absolute atomic E-state index is 12.0. The van der Waals surface area contributed by atoms with Gasteiger partial charge in [-0.2, -0.15) is 0 Å². The molecule has 0 spiro atoms. The topological polar surface area (TPSA) is 64.3 Å². The lowest BCUT2D eigenvalue weighted by molar-refractivity contribution is -0.123. The van der Waals surface area contributed by atoms with Gasteiger partial charge < -0.3 is 15.8 Å². The summed E-state index contributed by atoms with van der Waals surface area (Å²) < 4.78 is 5.69. The fraction of sp³-hybridized carbons (Fsp3) is 0.611. The minimum Gasteiger partial charge on any atom is -0.494 e. The third-order valence-electron chi connectivity index (χ3n) is 4.41. The number of carbonyl (C=O) groups excluding carboxylic acids is 1. The number of amides is 1. The van der Waals surface area contributed by atoms with E-state index in [1.165, 1.54) is 18.4 Å². The summed E-state index contributed by atoms with van der Waals surface area (Å²) in [4.78, 5) is 12.0. The van der Waals surface area contributed by atoms with Gasteiger partial charge in [-0.25, -0.2) is 0 Å². The van der Waals surface area contributed by atoms with Crippen LogP contribution in [0.25, 0.3) is 0 Å². The highest BCUT2D eigenvalue weighted by atomic mass is 35.5. The number of halogens is 1. The minimum atomic E-state index is -0.130. The number of hydrogen-bond acceptors (Lipinski definition) is 3. The zero-order valence-corrected chi connectivity index (χ0v) is 14.8. The van der Waals surface area contributed by atoms with Gasteiger partial charge in [0.2, 0.25) is 5.91 Å². The van der Waals surface area contributed by atoms with E-state index in [4.69, 9.17) is 10.5 Å². The Morgan fingerprint density at radius 3 is 2.70 bits per heavy atom. The summed E-state index contributed by atoms with van der Waals surface area (Å²) in [6.07, 6.45) is 6.66. The van der Waals surface area contributed by atoms with Gasteiger partial charge >= 0.3 is 0 Å².